The van der Waals surface area contributed by atoms with E-state index in [-0.39, 0.29) is 0 Å². The molecule has 0 aromatic rings. The predicted octanol–water partition coefficient (Wildman–Crippen LogP) is 1.84. The van der Waals surface area contributed by atoms with E-state index in [1.54, 1.807) is 6.08 Å². The number of rotatable bonds is 2. The number of aliphatic imine (C=N–C) groups is 1. The van der Waals surface area contributed by atoms with Crippen LogP contribution in [0, 0.1) is 0 Å². The van der Waals surface area contributed by atoms with Crippen LogP contribution in [0.1, 0.15) is 0 Å². The van der Waals surface area contributed by atoms with Gasteiger partial charge in [-0.1, -0.05) is 17.7 Å². The quantitative estimate of drug-likeness (QED) is 0.414. The van der Waals surface area contributed by atoms with Gasteiger partial charge in [0.1, 0.15) is 0 Å². The van der Waals surface area contributed by atoms with E-state index in [1.807, 2.05) is 0 Å². The summed E-state index contributed by atoms with van der Waals surface area (Å²) in [4.78, 5) is 3.56. The molecule has 7 heavy (non-hydrogen) atoms. The molecule has 0 fully saturated rings. The molecule has 0 aromatic heterocycles. The van der Waals surface area contributed by atoms with Crippen LogP contribution in [0.4, 0.5) is 0 Å². The van der Waals surface area contributed by atoms with Crippen LogP contribution < -0.4 is 0 Å². The van der Waals surface area contributed by atoms with Crippen LogP contribution in [-0.4, -0.2) is 11.7 Å². The third-order valence-corrected chi connectivity index (χ3v) is 0.658. The Bertz CT molecular complexity index is 104. The number of thiocarbonyl (C=S) groups is 1. The predicted molar refractivity (Wildman–Crippen MR) is 34.9 cm³/mol. The minimum absolute atomic E-state index is 0.535. The minimum Gasteiger partial charge on any atom is -0.228 e. The molecule has 0 amide bonds. The van der Waals surface area contributed by atoms with Crippen LogP contribution in [0.3, 0.4) is 0 Å². The maximum atomic E-state index is 5.13. The van der Waals surface area contributed by atoms with Gasteiger partial charge in [0, 0.05) is 5.54 Å². The zero-order chi connectivity index (χ0) is 5.54. The second-order valence-corrected chi connectivity index (χ2v) is 1.23. The van der Waals surface area contributed by atoms with Crippen LogP contribution >= 0.6 is 23.8 Å². The fourth-order valence-electron chi connectivity index (χ4n) is 0.130. The lowest BCUT2D eigenvalue weighted by Crippen LogP contribution is -1.63. The number of nitrogens with zero attached hydrogens (tertiary/aromatic N) is 1. The Morgan fingerprint density at radius 2 is 2.57 bits per heavy atom. The molecule has 0 rings (SSSR count). The first kappa shape index (κ1) is 6.83. The van der Waals surface area contributed by atoms with Gasteiger partial charge < -0.3 is 0 Å². The third kappa shape index (κ3) is 5.83. The molecular weight excluding hydrogens is 130 g/mol. The molecule has 0 N–H and O–H groups in total. The van der Waals surface area contributed by atoms with Crippen molar-refractivity contribution in [1.29, 1.82) is 0 Å². The molecule has 0 spiro atoms. The summed E-state index contributed by atoms with van der Waals surface area (Å²) in [6.45, 7) is 0.535. The lowest BCUT2D eigenvalue weighted by molar-refractivity contribution is 1.27. The second-order valence-electron chi connectivity index (χ2n) is 0.794. The lowest BCUT2D eigenvalue weighted by Gasteiger charge is -1.69. The Balaban J connectivity index is 3.15. The molecule has 0 saturated heterocycles. The molecule has 0 aromatic carbocycles. The van der Waals surface area contributed by atoms with Crippen molar-refractivity contribution in [1.82, 2.24) is 0 Å². The van der Waals surface area contributed by atoms with Gasteiger partial charge in [-0.05, 0) is 12.2 Å². The summed E-state index contributed by atoms with van der Waals surface area (Å²) in [6, 6.07) is 0. The van der Waals surface area contributed by atoms with E-state index in [0.29, 0.717) is 6.54 Å². The summed E-state index contributed by atoms with van der Waals surface area (Å²) in [7, 11) is 0. The minimum atomic E-state index is 0.535. The largest absolute Gasteiger partial charge is 0.228 e. The van der Waals surface area contributed by atoms with Gasteiger partial charge in [-0.25, -0.2) is 4.99 Å². The third-order valence-electron chi connectivity index (χ3n) is 0.350. The number of halogens is 1. The van der Waals surface area contributed by atoms with Gasteiger partial charge in [-0.3, -0.25) is 0 Å². The van der Waals surface area contributed by atoms with E-state index < -0.39 is 0 Å². The van der Waals surface area contributed by atoms with Crippen molar-refractivity contribution in [3.05, 3.63) is 11.6 Å². The van der Waals surface area contributed by atoms with Crippen LogP contribution in [0.2, 0.25) is 0 Å². The lowest BCUT2D eigenvalue weighted by atomic mass is 10.7. The average molecular weight is 134 g/mol. The highest BCUT2D eigenvalue weighted by Crippen LogP contribution is 1.76. The monoisotopic (exact) mass is 133 g/mol. The van der Waals surface area contributed by atoms with E-state index in [2.05, 4.69) is 22.4 Å². The summed E-state index contributed by atoms with van der Waals surface area (Å²) in [6.07, 6.45) is 1.68. The molecule has 0 bridgehead atoms. The molecule has 1 nitrogen and oxygen atoms in total. The first-order valence-electron chi connectivity index (χ1n) is 1.70. The van der Waals surface area contributed by atoms with Crippen molar-refractivity contribution < 1.29 is 0 Å². The van der Waals surface area contributed by atoms with Crippen molar-refractivity contribution in [3.63, 3.8) is 0 Å². The zero-order valence-electron chi connectivity index (χ0n) is 3.60. The van der Waals surface area contributed by atoms with E-state index in [1.165, 1.54) is 5.54 Å². The summed E-state index contributed by atoms with van der Waals surface area (Å²) >= 11 is 9.41. The van der Waals surface area contributed by atoms with Crippen molar-refractivity contribution >= 4 is 29.0 Å². The first-order chi connectivity index (χ1) is 3.41. The number of hydrogen-bond donors (Lipinski definition) is 0. The second kappa shape index (κ2) is 5.83. The van der Waals surface area contributed by atoms with Gasteiger partial charge in [0.25, 0.3) is 0 Å². The van der Waals surface area contributed by atoms with Gasteiger partial charge in [-0.2, -0.15) is 0 Å². The highest BCUT2D eigenvalue weighted by Gasteiger charge is 1.62. The number of hydrogen-bond acceptors (Lipinski definition) is 2. The molecular formula is C4H4ClNS. The van der Waals surface area contributed by atoms with E-state index in [0.717, 1.165) is 0 Å². The Hall–Kier alpha value is -0.170. The van der Waals surface area contributed by atoms with E-state index in [9.17, 15) is 0 Å². The molecule has 0 atom stereocenters. The van der Waals surface area contributed by atoms with Crippen LogP contribution in [0.15, 0.2) is 16.6 Å². The van der Waals surface area contributed by atoms with Gasteiger partial charge in [-0.15, -0.1) is 0 Å². The van der Waals surface area contributed by atoms with Gasteiger partial charge in [0.15, 0.2) is 0 Å². The highest BCUT2D eigenvalue weighted by atomic mass is 35.5. The average Bonchev–Trinajstić information content (AvgIpc) is 1.69. The van der Waals surface area contributed by atoms with Gasteiger partial charge in [0.05, 0.1) is 11.7 Å². The molecule has 0 heterocycles. The fraction of sp³-hybridized carbons (Fsp3) is 0.250. The van der Waals surface area contributed by atoms with Crippen LogP contribution in [-0.2, 0) is 0 Å². The van der Waals surface area contributed by atoms with E-state index in [4.69, 9.17) is 11.6 Å². The van der Waals surface area contributed by atoms with Crippen molar-refractivity contribution in [2.75, 3.05) is 6.54 Å². The molecule has 0 aliphatic carbocycles. The number of isothiocyanates is 1. The standard InChI is InChI=1S/C4H4ClNS/c5-2-1-3-6-4-7/h1-2H,3H2. The maximum absolute atomic E-state index is 5.13. The summed E-state index contributed by atoms with van der Waals surface area (Å²) in [5.41, 5.74) is 1.40. The van der Waals surface area contributed by atoms with Gasteiger partial charge >= 0.3 is 0 Å². The molecule has 38 valence electrons. The molecule has 0 aliphatic heterocycles. The van der Waals surface area contributed by atoms with Gasteiger partial charge in [0.2, 0.25) is 0 Å². The Kier molecular flexibility index (Phi) is 5.69. The molecule has 0 unspecified atom stereocenters. The Labute approximate surface area is 52.7 Å². The maximum Gasteiger partial charge on any atom is 0.0685 e. The molecule has 0 aliphatic rings. The van der Waals surface area contributed by atoms with E-state index >= 15 is 0 Å². The topological polar surface area (TPSA) is 12.4 Å². The summed E-state index contributed by atoms with van der Waals surface area (Å²) in [5.74, 6) is 0. The first-order valence-corrected chi connectivity index (χ1v) is 2.55. The van der Waals surface area contributed by atoms with Crippen molar-refractivity contribution in [2.24, 2.45) is 4.99 Å². The zero-order valence-corrected chi connectivity index (χ0v) is 5.17. The van der Waals surface area contributed by atoms with Crippen LogP contribution in [0.5, 0.6) is 0 Å². The Morgan fingerprint density at radius 3 is 3.00 bits per heavy atom. The molecule has 3 heteroatoms. The molecule has 0 radical (unpaired) electrons. The normalized spacial score (nSPS) is 8.71. The van der Waals surface area contributed by atoms with Crippen molar-refractivity contribution in [2.45, 2.75) is 0 Å². The Morgan fingerprint density at radius 1 is 1.86 bits per heavy atom. The molecule has 0 saturated carbocycles. The summed E-state index contributed by atoms with van der Waals surface area (Å²) in [5, 5.41) is 2.20. The van der Waals surface area contributed by atoms with Crippen LogP contribution in [0.25, 0.3) is 0 Å². The smallest absolute Gasteiger partial charge is 0.0685 e. The fourth-order valence-corrected chi connectivity index (χ4v) is 0.284. The summed E-state index contributed by atoms with van der Waals surface area (Å²) < 4.78 is 0. The highest BCUT2D eigenvalue weighted by molar-refractivity contribution is 7.78. The van der Waals surface area contributed by atoms with Crippen molar-refractivity contribution in [3.8, 4) is 0 Å². The SMILES string of the molecule is S=C=NCC=CCl.